The molecular weight excluding hydrogens is 282 g/mol. The normalized spacial score (nSPS) is 20.9. The van der Waals surface area contributed by atoms with E-state index in [2.05, 4.69) is 82.3 Å². The molecular formula is C20H14N3+. The molecule has 0 N–H and O–H groups in total. The van der Waals surface area contributed by atoms with Crippen LogP contribution in [0.2, 0.25) is 0 Å². The highest BCUT2D eigenvalue weighted by atomic mass is 15.6. The highest BCUT2D eigenvalue weighted by molar-refractivity contribution is 5.92. The summed E-state index contributed by atoms with van der Waals surface area (Å²) in [5.74, 6) is 0.451. The summed E-state index contributed by atoms with van der Waals surface area (Å²) in [5.41, 5.74) is 4.85. The predicted octanol–water partition coefficient (Wildman–Crippen LogP) is 3.67. The van der Waals surface area contributed by atoms with Crippen molar-refractivity contribution in [2.45, 2.75) is 12.0 Å². The van der Waals surface area contributed by atoms with Crippen molar-refractivity contribution in [3.05, 3.63) is 78.4 Å². The molecule has 0 spiro atoms. The Balaban J connectivity index is 1.84. The van der Waals surface area contributed by atoms with Gasteiger partial charge in [-0.25, -0.2) is 0 Å². The van der Waals surface area contributed by atoms with Crippen LogP contribution in [0, 0.1) is 0 Å². The highest BCUT2D eigenvalue weighted by Gasteiger charge is 2.43. The maximum Gasteiger partial charge on any atom is 0.249 e. The van der Waals surface area contributed by atoms with Gasteiger partial charge in [-0.05, 0) is 34.0 Å². The van der Waals surface area contributed by atoms with E-state index in [0.29, 0.717) is 12.0 Å². The largest absolute Gasteiger partial charge is 0.249 e. The number of fused-ring (bicyclic) bond motifs is 10. The average Bonchev–Trinajstić information content (AvgIpc) is 2.93. The molecule has 1 aliphatic carbocycles. The van der Waals surface area contributed by atoms with Crippen molar-refractivity contribution < 1.29 is 4.68 Å². The molecule has 0 saturated heterocycles. The van der Waals surface area contributed by atoms with E-state index < -0.39 is 0 Å². The summed E-state index contributed by atoms with van der Waals surface area (Å²) in [5, 5.41) is 7.44. The lowest BCUT2D eigenvalue weighted by atomic mass is 9.80. The molecule has 3 aromatic carbocycles. The van der Waals surface area contributed by atoms with Gasteiger partial charge in [0, 0.05) is 5.39 Å². The molecule has 23 heavy (non-hydrogen) atoms. The zero-order valence-corrected chi connectivity index (χ0v) is 12.4. The van der Waals surface area contributed by atoms with Crippen LogP contribution in [-0.4, -0.2) is 9.90 Å². The zero-order valence-electron chi connectivity index (χ0n) is 12.4. The lowest BCUT2D eigenvalue weighted by Gasteiger charge is -2.33. The minimum Gasteiger partial charge on any atom is -0.140 e. The van der Waals surface area contributed by atoms with Crippen molar-refractivity contribution in [3.63, 3.8) is 0 Å². The van der Waals surface area contributed by atoms with E-state index in [1.807, 2.05) is 0 Å². The van der Waals surface area contributed by atoms with Crippen LogP contribution in [0.5, 0.6) is 0 Å². The second-order valence-corrected chi connectivity index (χ2v) is 6.35. The SMILES string of the molecule is C1=CC2C1c1ccc3ccccc3c1-n1nc3ccccc3[n+]12. The van der Waals surface area contributed by atoms with Crippen molar-refractivity contribution in [3.8, 4) is 5.69 Å². The number of para-hydroxylation sites is 1. The van der Waals surface area contributed by atoms with Crippen molar-refractivity contribution >= 4 is 21.8 Å². The van der Waals surface area contributed by atoms with Gasteiger partial charge < -0.3 is 0 Å². The molecule has 0 bridgehead atoms. The fraction of sp³-hybridized carbons (Fsp3) is 0.100. The van der Waals surface area contributed by atoms with E-state index in [-0.39, 0.29) is 0 Å². The Bertz CT molecular complexity index is 1140. The maximum absolute atomic E-state index is 4.91. The van der Waals surface area contributed by atoms with E-state index >= 15 is 0 Å². The second kappa shape index (κ2) is 3.87. The van der Waals surface area contributed by atoms with Crippen LogP contribution in [0.25, 0.3) is 27.5 Å². The van der Waals surface area contributed by atoms with Gasteiger partial charge in [0.05, 0.1) is 11.0 Å². The Morgan fingerprint density at radius 2 is 1.74 bits per heavy atom. The Hall–Kier alpha value is -2.94. The quantitative estimate of drug-likeness (QED) is 0.358. The Morgan fingerprint density at radius 1 is 0.870 bits per heavy atom. The van der Waals surface area contributed by atoms with E-state index in [1.54, 1.807) is 0 Å². The molecule has 6 rings (SSSR count). The number of allylic oxidation sites excluding steroid dienone is 2. The molecule has 3 heteroatoms. The Kier molecular flexibility index (Phi) is 1.95. The van der Waals surface area contributed by atoms with Crippen molar-refractivity contribution in [1.82, 2.24) is 9.90 Å². The Morgan fingerprint density at radius 3 is 2.65 bits per heavy atom. The summed E-state index contributed by atoms with van der Waals surface area (Å²) in [7, 11) is 0. The third-order valence-corrected chi connectivity index (χ3v) is 5.19. The standard InChI is InChI=1S/C20H14N3/c1-2-6-14-13(5-1)9-10-16-15-11-12-18(15)22-19-8-4-3-7-17(19)21-23(22)20(14)16/h1-12,15,18H/q+1. The van der Waals surface area contributed by atoms with Gasteiger partial charge in [0.1, 0.15) is 5.69 Å². The third kappa shape index (κ3) is 1.31. The first-order chi connectivity index (χ1) is 11.4. The van der Waals surface area contributed by atoms with Gasteiger partial charge >= 0.3 is 0 Å². The van der Waals surface area contributed by atoms with Crippen LogP contribution in [-0.2, 0) is 0 Å². The summed E-state index contributed by atoms with van der Waals surface area (Å²) < 4.78 is 2.34. The molecule has 0 saturated carbocycles. The summed E-state index contributed by atoms with van der Waals surface area (Å²) in [6.45, 7) is 0. The molecule has 1 aliphatic heterocycles. The number of nitrogens with zero attached hydrogens (tertiary/aromatic N) is 3. The van der Waals surface area contributed by atoms with Crippen molar-refractivity contribution in [2.24, 2.45) is 0 Å². The fourth-order valence-electron chi connectivity index (χ4n) is 4.05. The molecule has 2 unspecified atom stereocenters. The molecule has 108 valence electrons. The molecule has 0 amide bonds. The van der Waals surface area contributed by atoms with Crippen LogP contribution >= 0.6 is 0 Å². The minimum atomic E-state index is 0.371. The smallest absolute Gasteiger partial charge is 0.140 e. The van der Waals surface area contributed by atoms with Gasteiger partial charge in [-0.2, -0.15) is 0 Å². The van der Waals surface area contributed by atoms with Crippen LogP contribution in [0.15, 0.2) is 72.8 Å². The van der Waals surface area contributed by atoms with Gasteiger partial charge in [0.15, 0.2) is 6.04 Å². The monoisotopic (exact) mass is 296 g/mol. The van der Waals surface area contributed by atoms with Crippen LogP contribution in [0.4, 0.5) is 0 Å². The average molecular weight is 296 g/mol. The lowest BCUT2D eigenvalue weighted by Crippen LogP contribution is -2.54. The summed E-state index contributed by atoms with van der Waals surface area (Å²) in [4.78, 5) is 2.12. The molecule has 3 nitrogen and oxygen atoms in total. The Labute approximate surface area is 133 Å². The number of aromatic nitrogens is 3. The van der Waals surface area contributed by atoms with Crippen molar-refractivity contribution in [2.75, 3.05) is 0 Å². The number of rotatable bonds is 0. The summed E-state index contributed by atoms with van der Waals surface area (Å²) in [6.07, 6.45) is 4.60. The third-order valence-electron chi connectivity index (χ3n) is 5.19. The summed E-state index contributed by atoms with van der Waals surface area (Å²) in [6, 6.07) is 21.9. The maximum atomic E-state index is 4.91. The first kappa shape index (κ1) is 11.6. The van der Waals surface area contributed by atoms with Crippen LogP contribution in [0.3, 0.4) is 0 Å². The van der Waals surface area contributed by atoms with Crippen LogP contribution in [0.1, 0.15) is 17.5 Å². The molecule has 0 fully saturated rings. The van der Waals surface area contributed by atoms with E-state index in [9.17, 15) is 0 Å². The number of hydrogen-bond acceptors (Lipinski definition) is 1. The molecule has 1 aromatic heterocycles. The molecule has 2 aliphatic rings. The van der Waals surface area contributed by atoms with Gasteiger partial charge in [-0.15, -0.1) is 4.68 Å². The van der Waals surface area contributed by atoms with E-state index in [4.69, 9.17) is 5.10 Å². The predicted molar refractivity (Wildman–Crippen MR) is 89.7 cm³/mol. The fourth-order valence-corrected chi connectivity index (χ4v) is 4.05. The van der Waals surface area contributed by atoms with Crippen LogP contribution < -0.4 is 4.68 Å². The highest BCUT2D eigenvalue weighted by Crippen LogP contribution is 2.44. The first-order valence-electron chi connectivity index (χ1n) is 8.02. The summed E-state index contributed by atoms with van der Waals surface area (Å²) >= 11 is 0. The molecule has 4 aromatic rings. The zero-order chi connectivity index (χ0) is 15.0. The molecule has 2 heterocycles. The lowest BCUT2D eigenvalue weighted by molar-refractivity contribution is -0.769. The van der Waals surface area contributed by atoms with E-state index in [1.165, 1.54) is 27.5 Å². The van der Waals surface area contributed by atoms with Crippen molar-refractivity contribution in [1.29, 1.82) is 0 Å². The molecule has 0 radical (unpaired) electrons. The van der Waals surface area contributed by atoms with Gasteiger partial charge in [0.25, 0.3) is 0 Å². The number of benzene rings is 3. The topological polar surface area (TPSA) is 21.7 Å². The first-order valence-corrected chi connectivity index (χ1v) is 8.02. The minimum absolute atomic E-state index is 0.371. The second-order valence-electron chi connectivity index (χ2n) is 6.35. The van der Waals surface area contributed by atoms with E-state index in [0.717, 1.165) is 5.52 Å². The molecule has 2 atom stereocenters. The van der Waals surface area contributed by atoms with Gasteiger partial charge in [-0.3, -0.25) is 0 Å². The van der Waals surface area contributed by atoms with Gasteiger partial charge in [0.2, 0.25) is 11.0 Å². The number of hydrogen-bond donors (Lipinski definition) is 0. The van der Waals surface area contributed by atoms with Gasteiger partial charge in [-0.1, -0.05) is 54.6 Å².